The van der Waals surface area contributed by atoms with Gasteiger partial charge in [-0.15, -0.1) is 0 Å². The van der Waals surface area contributed by atoms with Crippen LogP contribution in [0.15, 0.2) is 36.4 Å². The molecule has 0 saturated carbocycles. The highest BCUT2D eigenvalue weighted by molar-refractivity contribution is 6.31. The van der Waals surface area contributed by atoms with E-state index in [4.69, 9.17) is 11.6 Å². The molecule has 0 bridgehead atoms. The van der Waals surface area contributed by atoms with E-state index < -0.39 is 0 Å². The molecular weight excluding hydrogens is 346 g/mol. The molecule has 0 spiro atoms. The Kier molecular flexibility index (Phi) is 5.84. The summed E-state index contributed by atoms with van der Waals surface area (Å²) in [7, 11) is 0. The van der Waals surface area contributed by atoms with E-state index in [1.807, 2.05) is 19.1 Å². The van der Waals surface area contributed by atoms with Crippen molar-refractivity contribution in [2.75, 3.05) is 42.9 Å². The van der Waals surface area contributed by atoms with Gasteiger partial charge in [-0.2, -0.15) is 0 Å². The van der Waals surface area contributed by atoms with Crippen LogP contribution < -0.4 is 10.2 Å². The van der Waals surface area contributed by atoms with Gasteiger partial charge in [-0.3, -0.25) is 9.69 Å². The number of anilines is 2. The van der Waals surface area contributed by atoms with E-state index in [2.05, 4.69) is 47.2 Å². The fourth-order valence-electron chi connectivity index (χ4n) is 3.38. The molecule has 1 saturated heterocycles. The third-order valence-electron chi connectivity index (χ3n) is 4.89. The number of nitrogens with zero attached hydrogens (tertiary/aromatic N) is 2. The number of halogens is 1. The van der Waals surface area contributed by atoms with Crippen LogP contribution in [0.2, 0.25) is 5.02 Å². The lowest BCUT2D eigenvalue weighted by molar-refractivity contribution is -0.117. The first kappa shape index (κ1) is 18.7. The lowest BCUT2D eigenvalue weighted by atomic mass is 10.1. The van der Waals surface area contributed by atoms with E-state index >= 15 is 0 Å². The minimum Gasteiger partial charge on any atom is -0.369 e. The second kappa shape index (κ2) is 8.11. The largest absolute Gasteiger partial charge is 0.369 e. The van der Waals surface area contributed by atoms with Gasteiger partial charge in [-0.05, 0) is 50.1 Å². The van der Waals surface area contributed by atoms with Gasteiger partial charge in [0.1, 0.15) is 0 Å². The van der Waals surface area contributed by atoms with Crippen molar-refractivity contribution in [3.05, 3.63) is 58.1 Å². The van der Waals surface area contributed by atoms with Crippen LogP contribution in [0.25, 0.3) is 0 Å². The molecule has 0 atom stereocenters. The molecule has 5 heteroatoms. The van der Waals surface area contributed by atoms with Gasteiger partial charge in [0.05, 0.1) is 6.54 Å². The van der Waals surface area contributed by atoms with Gasteiger partial charge in [-0.1, -0.05) is 35.4 Å². The predicted octanol–water partition coefficient (Wildman–Crippen LogP) is 4.03. The number of nitrogens with one attached hydrogen (secondary N) is 1. The van der Waals surface area contributed by atoms with E-state index in [-0.39, 0.29) is 5.91 Å². The third kappa shape index (κ3) is 4.57. The number of rotatable bonds is 4. The zero-order valence-electron chi connectivity index (χ0n) is 15.7. The van der Waals surface area contributed by atoms with Crippen molar-refractivity contribution in [1.82, 2.24) is 4.90 Å². The third-order valence-corrected chi connectivity index (χ3v) is 5.30. The van der Waals surface area contributed by atoms with Gasteiger partial charge in [-0.25, -0.2) is 0 Å². The van der Waals surface area contributed by atoms with Crippen molar-refractivity contribution in [3.8, 4) is 0 Å². The molecule has 26 heavy (non-hydrogen) atoms. The molecule has 1 aliphatic heterocycles. The number of hydrogen-bond donors (Lipinski definition) is 1. The molecule has 138 valence electrons. The van der Waals surface area contributed by atoms with E-state index in [9.17, 15) is 4.79 Å². The van der Waals surface area contributed by atoms with Crippen molar-refractivity contribution >= 4 is 28.9 Å². The Morgan fingerprint density at radius 3 is 2.38 bits per heavy atom. The van der Waals surface area contributed by atoms with Crippen molar-refractivity contribution < 1.29 is 4.79 Å². The summed E-state index contributed by atoms with van der Waals surface area (Å²) in [5.74, 6) is 0.00452. The summed E-state index contributed by atoms with van der Waals surface area (Å²) < 4.78 is 0. The van der Waals surface area contributed by atoms with Gasteiger partial charge in [0.15, 0.2) is 0 Å². The van der Waals surface area contributed by atoms with Gasteiger partial charge >= 0.3 is 0 Å². The zero-order chi connectivity index (χ0) is 18.7. The summed E-state index contributed by atoms with van der Waals surface area (Å²) in [6.45, 7) is 10.3. The highest BCUT2D eigenvalue weighted by atomic mass is 35.5. The van der Waals surface area contributed by atoms with Gasteiger partial charge in [0.2, 0.25) is 5.91 Å². The quantitative estimate of drug-likeness (QED) is 0.881. The fraction of sp³-hybridized carbons (Fsp3) is 0.381. The molecule has 1 N–H and O–H groups in total. The molecule has 0 aliphatic carbocycles. The van der Waals surface area contributed by atoms with Crippen LogP contribution in [0.3, 0.4) is 0 Å². The summed E-state index contributed by atoms with van der Waals surface area (Å²) in [5.41, 5.74) is 5.66. The van der Waals surface area contributed by atoms with Crippen LogP contribution in [0, 0.1) is 20.8 Å². The van der Waals surface area contributed by atoms with Gasteiger partial charge in [0, 0.05) is 42.6 Å². The minimum absolute atomic E-state index is 0.00452. The second-order valence-corrected chi connectivity index (χ2v) is 7.47. The molecule has 1 heterocycles. The number of carbonyl (C=O) groups is 1. The van der Waals surface area contributed by atoms with E-state index in [1.54, 1.807) is 6.07 Å². The first-order valence-electron chi connectivity index (χ1n) is 9.03. The fourth-order valence-corrected chi connectivity index (χ4v) is 3.56. The summed E-state index contributed by atoms with van der Waals surface area (Å²) >= 11 is 6.12. The maximum Gasteiger partial charge on any atom is 0.238 e. The number of carbonyl (C=O) groups excluding carboxylic acids is 1. The van der Waals surface area contributed by atoms with Crippen LogP contribution in [0.5, 0.6) is 0 Å². The molecule has 4 nitrogen and oxygen atoms in total. The van der Waals surface area contributed by atoms with E-state index in [0.717, 1.165) is 37.4 Å². The molecule has 2 aromatic carbocycles. The number of hydrogen-bond acceptors (Lipinski definition) is 3. The first-order valence-corrected chi connectivity index (χ1v) is 9.41. The Bertz CT molecular complexity index is 798. The van der Waals surface area contributed by atoms with E-state index in [0.29, 0.717) is 11.6 Å². The van der Waals surface area contributed by atoms with Crippen LogP contribution in [0.1, 0.15) is 16.7 Å². The highest BCUT2D eigenvalue weighted by Gasteiger charge is 2.20. The topological polar surface area (TPSA) is 35.6 Å². The molecule has 0 unspecified atom stereocenters. The average Bonchev–Trinajstić information content (AvgIpc) is 2.59. The Balaban J connectivity index is 1.51. The zero-order valence-corrected chi connectivity index (χ0v) is 16.4. The molecule has 3 rings (SSSR count). The second-order valence-electron chi connectivity index (χ2n) is 7.07. The highest BCUT2D eigenvalue weighted by Crippen LogP contribution is 2.23. The molecule has 1 fully saturated rings. The first-order chi connectivity index (χ1) is 12.4. The van der Waals surface area contributed by atoms with E-state index in [1.165, 1.54) is 16.8 Å². The van der Waals surface area contributed by atoms with Gasteiger partial charge in [0.25, 0.3) is 0 Å². The molecule has 1 amide bonds. The lowest BCUT2D eigenvalue weighted by Gasteiger charge is -2.36. The van der Waals surface area contributed by atoms with Crippen molar-refractivity contribution in [2.45, 2.75) is 20.8 Å². The Morgan fingerprint density at radius 2 is 1.73 bits per heavy atom. The average molecular weight is 372 g/mol. The van der Waals surface area contributed by atoms with Crippen molar-refractivity contribution in [3.63, 3.8) is 0 Å². The van der Waals surface area contributed by atoms with Crippen LogP contribution in [-0.2, 0) is 4.79 Å². The smallest absolute Gasteiger partial charge is 0.238 e. The summed E-state index contributed by atoms with van der Waals surface area (Å²) in [5, 5.41) is 3.61. The molecule has 0 aromatic heterocycles. The molecule has 0 radical (unpaired) electrons. The summed E-state index contributed by atoms with van der Waals surface area (Å²) in [6.07, 6.45) is 0. The molecular formula is C21H26ClN3O. The number of piperazine rings is 1. The van der Waals surface area contributed by atoms with Gasteiger partial charge < -0.3 is 10.2 Å². The SMILES string of the molecule is Cc1ccc(N2CCN(CC(=O)Nc3ccc(C)c(Cl)c3)CC2)c(C)c1. The molecule has 2 aromatic rings. The monoisotopic (exact) mass is 371 g/mol. The maximum atomic E-state index is 12.3. The van der Waals surface area contributed by atoms with Crippen LogP contribution in [-0.4, -0.2) is 43.5 Å². The predicted molar refractivity (Wildman–Crippen MR) is 109 cm³/mol. The lowest BCUT2D eigenvalue weighted by Crippen LogP contribution is -2.48. The van der Waals surface area contributed by atoms with Crippen molar-refractivity contribution in [1.29, 1.82) is 0 Å². The Labute approximate surface area is 160 Å². The number of amides is 1. The molecule has 1 aliphatic rings. The number of benzene rings is 2. The van der Waals surface area contributed by atoms with Crippen LogP contribution in [0.4, 0.5) is 11.4 Å². The Hall–Kier alpha value is -2.04. The maximum absolute atomic E-state index is 12.3. The standard InChI is InChI=1S/C21H26ClN3O/c1-15-4-7-20(17(3)12-15)25-10-8-24(9-11-25)14-21(26)23-18-6-5-16(2)19(22)13-18/h4-7,12-13H,8-11,14H2,1-3H3,(H,23,26). The van der Waals surface area contributed by atoms with Crippen molar-refractivity contribution in [2.24, 2.45) is 0 Å². The number of aryl methyl sites for hydroxylation is 3. The minimum atomic E-state index is 0.00452. The summed E-state index contributed by atoms with van der Waals surface area (Å²) in [6, 6.07) is 12.2. The Morgan fingerprint density at radius 1 is 1.00 bits per heavy atom. The van der Waals surface area contributed by atoms with Crippen LogP contribution >= 0.6 is 11.6 Å². The summed E-state index contributed by atoms with van der Waals surface area (Å²) in [4.78, 5) is 16.9. The normalized spacial score (nSPS) is 15.2.